The zero-order valence-corrected chi connectivity index (χ0v) is 10.9. The third-order valence-electron chi connectivity index (χ3n) is 3.64. The standard InChI is InChI=1S/C17H18FN/c18-16-10-8-15(9-11-16)17(19-12-13-6-7-13)14-4-2-1-3-5-14/h1-5,8-11,13,17,19H,6-7,12H2. The molecule has 0 saturated heterocycles. The highest BCUT2D eigenvalue weighted by Crippen LogP contribution is 2.30. The smallest absolute Gasteiger partial charge is 0.123 e. The summed E-state index contributed by atoms with van der Waals surface area (Å²) >= 11 is 0. The number of hydrogen-bond acceptors (Lipinski definition) is 1. The first-order chi connectivity index (χ1) is 9.33. The van der Waals surface area contributed by atoms with Gasteiger partial charge in [-0.3, -0.25) is 0 Å². The second-order valence-electron chi connectivity index (χ2n) is 5.25. The Morgan fingerprint density at radius 2 is 1.58 bits per heavy atom. The van der Waals surface area contributed by atoms with E-state index in [0.717, 1.165) is 18.0 Å². The van der Waals surface area contributed by atoms with Crippen molar-refractivity contribution >= 4 is 0 Å². The molecule has 2 heteroatoms. The van der Waals surface area contributed by atoms with Crippen LogP contribution in [0.5, 0.6) is 0 Å². The molecule has 1 nitrogen and oxygen atoms in total. The van der Waals surface area contributed by atoms with Crippen molar-refractivity contribution in [2.24, 2.45) is 5.92 Å². The van der Waals surface area contributed by atoms with Crippen LogP contribution in [-0.4, -0.2) is 6.54 Å². The lowest BCUT2D eigenvalue weighted by Gasteiger charge is -2.20. The highest BCUT2D eigenvalue weighted by Gasteiger charge is 2.23. The first-order valence-electron chi connectivity index (χ1n) is 6.87. The molecule has 0 heterocycles. The van der Waals surface area contributed by atoms with E-state index in [-0.39, 0.29) is 11.9 Å². The fourth-order valence-electron chi connectivity index (χ4n) is 2.34. The Kier molecular flexibility index (Phi) is 3.60. The molecule has 3 rings (SSSR count). The summed E-state index contributed by atoms with van der Waals surface area (Å²) in [5.41, 5.74) is 2.35. The first kappa shape index (κ1) is 12.4. The lowest BCUT2D eigenvalue weighted by molar-refractivity contribution is 0.570. The predicted molar refractivity (Wildman–Crippen MR) is 75.4 cm³/mol. The first-order valence-corrected chi connectivity index (χ1v) is 6.87. The van der Waals surface area contributed by atoms with Crippen LogP contribution in [0.2, 0.25) is 0 Å². The SMILES string of the molecule is Fc1ccc(C(NCC2CC2)c2ccccc2)cc1. The normalized spacial score (nSPS) is 16.3. The Balaban J connectivity index is 1.84. The highest BCUT2D eigenvalue weighted by molar-refractivity contribution is 5.31. The number of benzene rings is 2. The summed E-state index contributed by atoms with van der Waals surface area (Å²) in [6, 6.07) is 17.3. The third kappa shape index (κ3) is 3.21. The van der Waals surface area contributed by atoms with E-state index in [2.05, 4.69) is 17.4 Å². The van der Waals surface area contributed by atoms with E-state index in [0.29, 0.717) is 0 Å². The molecule has 2 aromatic carbocycles. The quantitative estimate of drug-likeness (QED) is 0.854. The van der Waals surface area contributed by atoms with Crippen molar-refractivity contribution in [3.05, 3.63) is 71.5 Å². The molecule has 98 valence electrons. The van der Waals surface area contributed by atoms with Crippen LogP contribution < -0.4 is 5.32 Å². The van der Waals surface area contributed by atoms with Gasteiger partial charge in [0.05, 0.1) is 6.04 Å². The van der Waals surface area contributed by atoms with E-state index in [4.69, 9.17) is 0 Å². The van der Waals surface area contributed by atoms with E-state index >= 15 is 0 Å². The third-order valence-corrected chi connectivity index (χ3v) is 3.64. The molecule has 2 aromatic rings. The molecule has 0 aliphatic heterocycles. The fourth-order valence-corrected chi connectivity index (χ4v) is 2.34. The highest BCUT2D eigenvalue weighted by atomic mass is 19.1. The van der Waals surface area contributed by atoms with Crippen LogP contribution >= 0.6 is 0 Å². The lowest BCUT2D eigenvalue weighted by Crippen LogP contribution is -2.24. The van der Waals surface area contributed by atoms with Gasteiger partial charge in [-0.25, -0.2) is 4.39 Å². The van der Waals surface area contributed by atoms with Gasteiger partial charge in [-0.05, 0) is 48.6 Å². The van der Waals surface area contributed by atoms with Crippen molar-refractivity contribution in [1.29, 1.82) is 0 Å². The maximum atomic E-state index is 13.1. The van der Waals surface area contributed by atoms with Crippen LogP contribution in [0.15, 0.2) is 54.6 Å². The second kappa shape index (κ2) is 5.54. The maximum absolute atomic E-state index is 13.1. The van der Waals surface area contributed by atoms with Crippen molar-refractivity contribution in [3.63, 3.8) is 0 Å². The molecule has 1 N–H and O–H groups in total. The Morgan fingerprint density at radius 1 is 0.947 bits per heavy atom. The topological polar surface area (TPSA) is 12.0 Å². The van der Waals surface area contributed by atoms with Crippen LogP contribution in [-0.2, 0) is 0 Å². The van der Waals surface area contributed by atoms with E-state index in [1.165, 1.54) is 30.5 Å². The molecule has 1 atom stereocenters. The van der Waals surface area contributed by atoms with Crippen LogP contribution in [0.4, 0.5) is 4.39 Å². The summed E-state index contributed by atoms with van der Waals surface area (Å²) in [6.07, 6.45) is 2.66. The van der Waals surface area contributed by atoms with Crippen molar-refractivity contribution < 1.29 is 4.39 Å². The molecule has 19 heavy (non-hydrogen) atoms. The molecule has 1 saturated carbocycles. The van der Waals surface area contributed by atoms with Crippen LogP contribution in [0.3, 0.4) is 0 Å². The summed E-state index contributed by atoms with van der Waals surface area (Å²) in [5, 5.41) is 3.61. The fraction of sp³-hybridized carbons (Fsp3) is 0.294. The van der Waals surface area contributed by atoms with Gasteiger partial charge in [0.15, 0.2) is 0 Å². The van der Waals surface area contributed by atoms with E-state index in [1.54, 1.807) is 0 Å². The minimum absolute atomic E-state index is 0.155. The molecule has 1 unspecified atom stereocenters. The Morgan fingerprint density at radius 3 is 2.21 bits per heavy atom. The van der Waals surface area contributed by atoms with Gasteiger partial charge in [0.2, 0.25) is 0 Å². The van der Waals surface area contributed by atoms with Gasteiger partial charge in [-0.1, -0.05) is 42.5 Å². The molecule has 0 amide bonds. The molecular formula is C17H18FN. The summed E-state index contributed by atoms with van der Waals surface area (Å²) < 4.78 is 13.1. The van der Waals surface area contributed by atoms with Crippen molar-refractivity contribution in [2.75, 3.05) is 6.54 Å². The molecule has 0 bridgehead atoms. The maximum Gasteiger partial charge on any atom is 0.123 e. The van der Waals surface area contributed by atoms with Crippen LogP contribution in [0.25, 0.3) is 0 Å². The Hall–Kier alpha value is -1.67. The zero-order valence-electron chi connectivity index (χ0n) is 10.9. The van der Waals surface area contributed by atoms with Crippen molar-refractivity contribution in [3.8, 4) is 0 Å². The van der Waals surface area contributed by atoms with E-state index in [1.807, 2.05) is 30.3 Å². The molecule has 1 aliphatic rings. The molecule has 1 aliphatic carbocycles. The largest absolute Gasteiger partial charge is 0.306 e. The monoisotopic (exact) mass is 255 g/mol. The molecule has 0 spiro atoms. The van der Waals surface area contributed by atoms with Gasteiger partial charge in [-0.2, -0.15) is 0 Å². The summed E-state index contributed by atoms with van der Waals surface area (Å²) in [4.78, 5) is 0. The minimum Gasteiger partial charge on any atom is -0.306 e. The van der Waals surface area contributed by atoms with Gasteiger partial charge in [-0.15, -0.1) is 0 Å². The number of hydrogen-bond donors (Lipinski definition) is 1. The van der Waals surface area contributed by atoms with Gasteiger partial charge in [0.1, 0.15) is 5.82 Å². The van der Waals surface area contributed by atoms with E-state index in [9.17, 15) is 4.39 Å². The van der Waals surface area contributed by atoms with Crippen LogP contribution in [0.1, 0.15) is 30.0 Å². The van der Waals surface area contributed by atoms with Crippen molar-refractivity contribution in [1.82, 2.24) is 5.32 Å². The minimum atomic E-state index is -0.183. The van der Waals surface area contributed by atoms with Gasteiger partial charge >= 0.3 is 0 Å². The van der Waals surface area contributed by atoms with Crippen molar-refractivity contribution in [2.45, 2.75) is 18.9 Å². The molecule has 0 radical (unpaired) electrons. The van der Waals surface area contributed by atoms with Gasteiger partial charge < -0.3 is 5.32 Å². The summed E-state index contributed by atoms with van der Waals surface area (Å²) in [5.74, 6) is 0.643. The molecule has 1 fully saturated rings. The number of halogens is 1. The Labute approximate surface area is 113 Å². The second-order valence-corrected chi connectivity index (χ2v) is 5.25. The molecular weight excluding hydrogens is 237 g/mol. The predicted octanol–water partition coefficient (Wildman–Crippen LogP) is 3.91. The van der Waals surface area contributed by atoms with Gasteiger partial charge in [0.25, 0.3) is 0 Å². The molecule has 0 aromatic heterocycles. The van der Waals surface area contributed by atoms with Gasteiger partial charge in [0, 0.05) is 0 Å². The lowest BCUT2D eigenvalue weighted by atomic mass is 9.98. The summed E-state index contributed by atoms with van der Waals surface area (Å²) in [7, 11) is 0. The van der Waals surface area contributed by atoms with Crippen LogP contribution in [0, 0.1) is 11.7 Å². The number of rotatable bonds is 5. The zero-order chi connectivity index (χ0) is 13.1. The Bertz CT molecular complexity index is 517. The average molecular weight is 255 g/mol. The average Bonchev–Trinajstić information content (AvgIpc) is 3.26. The van der Waals surface area contributed by atoms with E-state index < -0.39 is 0 Å². The number of nitrogens with one attached hydrogen (secondary N) is 1. The summed E-state index contributed by atoms with van der Waals surface area (Å²) in [6.45, 7) is 1.04.